The van der Waals surface area contributed by atoms with Crippen LogP contribution in [0.2, 0.25) is 0 Å². The third-order valence-electron chi connectivity index (χ3n) is 7.32. The van der Waals surface area contributed by atoms with Crippen molar-refractivity contribution in [1.82, 2.24) is 15.6 Å². The van der Waals surface area contributed by atoms with Gasteiger partial charge in [-0.1, -0.05) is 24.3 Å². The van der Waals surface area contributed by atoms with Crippen molar-refractivity contribution in [2.45, 2.75) is 70.4 Å². The number of fused-ring (bicyclic) bond motifs is 1. The molecule has 2 unspecified atom stereocenters. The summed E-state index contributed by atoms with van der Waals surface area (Å²) in [5, 5.41) is 24.5. The molecule has 1 aliphatic rings. The molecular weight excluding hydrogens is 572 g/mol. The number of hydrogen-bond donors (Lipinski definition) is 5. The Morgan fingerprint density at radius 1 is 0.955 bits per heavy atom. The van der Waals surface area contributed by atoms with E-state index in [4.69, 9.17) is 5.11 Å². The van der Waals surface area contributed by atoms with Gasteiger partial charge in [0, 0.05) is 86.3 Å². The first-order valence-electron chi connectivity index (χ1n) is 14.2. The van der Waals surface area contributed by atoms with E-state index in [0.717, 1.165) is 16.5 Å². The molecule has 0 saturated heterocycles. The Morgan fingerprint density at radius 2 is 1.66 bits per heavy atom. The van der Waals surface area contributed by atoms with Crippen molar-refractivity contribution in [3.8, 4) is 0 Å². The summed E-state index contributed by atoms with van der Waals surface area (Å²) in [6, 6.07) is 5.22. The molecule has 44 heavy (non-hydrogen) atoms. The second-order valence-electron chi connectivity index (χ2n) is 10.8. The second-order valence-corrected chi connectivity index (χ2v) is 10.8. The van der Waals surface area contributed by atoms with Gasteiger partial charge in [0.05, 0.1) is 18.5 Å². The molecule has 1 aromatic carbocycles. The Balaban J connectivity index is 1.81. The number of carboxylic acid groups (broad SMARTS) is 2. The molecule has 13 nitrogen and oxygen atoms in total. The van der Waals surface area contributed by atoms with Gasteiger partial charge in [0.1, 0.15) is 6.29 Å². The van der Waals surface area contributed by atoms with Crippen molar-refractivity contribution < 1.29 is 43.8 Å². The molecule has 2 aromatic rings. The van der Waals surface area contributed by atoms with Gasteiger partial charge in [-0.2, -0.15) is 0 Å². The first-order valence-corrected chi connectivity index (χ1v) is 14.2. The number of carbonyl (C=O) groups is 7. The average molecular weight is 609 g/mol. The third kappa shape index (κ3) is 10.1. The number of ketones is 2. The Hall–Kier alpha value is -4.94. The molecule has 4 atom stereocenters. The van der Waals surface area contributed by atoms with E-state index < -0.39 is 84.9 Å². The van der Waals surface area contributed by atoms with Gasteiger partial charge in [-0.15, -0.1) is 0 Å². The molecule has 1 aliphatic heterocycles. The summed E-state index contributed by atoms with van der Waals surface area (Å²) in [7, 11) is 0. The monoisotopic (exact) mass is 608 g/mol. The van der Waals surface area contributed by atoms with E-state index in [0.29, 0.717) is 18.4 Å². The lowest BCUT2D eigenvalue weighted by Gasteiger charge is -2.24. The van der Waals surface area contributed by atoms with Gasteiger partial charge in [0.15, 0.2) is 11.6 Å². The maximum absolute atomic E-state index is 13.5. The number of aliphatic imine (C=N–C) groups is 1. The number of amides is 2. The van der Waals surface area contributed by atoms with Crippen LogP contribution in [0.5, 0.6) is 0 Å². The fourth-order valence-electron chi connectivity index (χ4n) is 5.10. The molecule has 234 valence electrons. The predicted molar refractivity (Wildman–Crippen MR) is 159 cm³/mol. The molecular formula is C31H36N4O9. The highest BCUT2D eigenvalue weighted by molar-refractivity contribution is 5.95. The number of carboxylic acids is 2. The highest BCUT2D eigenvalue weighted by Gasteiger charge is 2.32. The van der Waals surface area contributed by atoms with E-state index in [1.807, 2.05) is 24.3 Å². The van der Waals surface area contributed by atoms with Crippen LogP contribution < -0.4 is 10.6 Å². The van der Waals surface area contributed by atoms with E-state index in [1.165, 1.54) is 6.92 Å². The lowest BCUT2D eigenvalue weighted by atomic mass is 9.90. The second kappa shape index (κ2) is 16.1. The fraction of sp³-hybridized carbons (Fsp3) is 0.419. The first-order chi connectivity index (χ1) is 21.0. The highest BCUT2D eigenvalue weighted by atomic mass is 16.4. The molecule has 13 heteroatoms. The van der Waals surface area contributed by atoms with E-state index in [1.54, 1.807) is 18.5 Å². The third-order valence-corrected chi connectivity index (χ3v) is 7.32. The first kappa shape index (κ1) is 33.6. The van der Waals surface area contributed by atoms with Crippen molar-refractivity contribution in [2.75, 3.05) is 0 Å². The number of hydrogen-bond acceptors (Lipinski definition) is 8. The fourth-order valence-corrected chi connectivity index (χ4v) is 5.10. The van der Waals surface area contributed by atoms with E-state index in [2.05, 4.69) is 20.6 Å². The van der Waals surface area contributed by atoms with Crippen LogP contribution in [-0.4, -0.2) is 75.1 Å². The number of benzene rings is 1. The number of nitrogens with one attached hydrogen (secondary N) is 3. The molecule has 2 amide bonds. The number of nitrogens with zero attached hydrogens (tertiary/aromatic N) is 1. The highest BCUT2D eigenvalue weighted by Crippen LogP contribution is 2.22. The summed E-state index contributed by atoms with van der Waals surface area (Å²) in [6.45, 7) is 1.26. The van der Waals surface area contributed by atoms with E-state index in [9.17, 15) is 38.7 Å². The Kier molecular flexibility index (Phi) is 12.2. The number of rotatable bonds is 19. The molecule has 0 radical (unpaired) electrons. The number of aromatic amines is 1. The predicted octanol–water partition coefficient (Wildman–Crippen LogP) is 2.14. The Morgan fingerprint density at radius 3 is 2.30 bits per heavy atom. The Bertz CT molecular complexity index is 1480. The normalized spacial score (nSPS) is 15.1. The molecule has 0 saturated carbocycles. The molecule has 0 bridgehead atoms. The maximum atomic E-state index is 13.5. The number of allylic oxidation sites excluding steroid dienone is 1. The topological polar surface area (TPSA) is 212 Å². The molecule has 0 spiro atoms. The van der Waals surface area contributed by atoms with Crippen molar-refractivity contribution >= 4 is 58.7 Å². The SMILES string of the molecule is CC(=O)N[C@@H](Cc1c[nH]c2ccccc12)C(=O)CC(CCC(=O)O)C(=O)N[C@@H](CC1=CCC=N1)C(=O)CC(C=O)CC(=O)O. The lowest BCUT2D eigenvalue weighted by Crippen LogP contribution is -2.47. The van der Waals surface area contributed by atoms with Crippen LogP contribution in [0.15, 0.2) is 47.2 Å². The van der Waals surface area contributed by atoms with Crippen LogP contribution in [0.25, 0.3) is 10.9 Å². The minimum atomic E-state index is -1.26. The molecule has 3 rings (SSSR count). The van der Waals surface area contributed by atoms with Crippen LogP contribution in [-0.2, 0) is 40.0 Å². The van der Waals surface area contributed by atoms with E-state index >= 15 is 0 Å². The molecule has 5 N–H and O–H groups in total. The van der Waals surface area contributed by atoms with Crippen LogP contribution in [0, 0.1) is 11.8 Å². The summed E-state index contributed by atoms with van der Waals surface area (Å²) >= 11 is 0. The average Bonchev–Trinajstić information content (AvgIpc) is 3.63. The zero-order valence-corrected chi connectivity index (χ0v) is 24.3. The van der Waals surface area contributed by atoms with Crippen LogP contribution in [0.1, 0.15) is 57.4 Å². The molecule has 0 aliphatic carbocycles. The van der Waals surface area contributed by atoms with Crippen molar-refractivity contribution in [2.24, 2.45) is 16.8 Å². The number of para-hydroxylation sites is 1. The quantitative estimate of drug-likeness (QED) is 0.148. The van der Waals surface area contributed by atoms with Crippen molar-refractivity contribution in [3.63, 3.8) is 0 Å². The zero-order valence-electron chi connectivity index (χ0n) is 24.3. The zero-order chi connectivity index (χ0) is 32.2. The van der Waals surface area contributed by atoms with E-state index in [-0.39, 0.29) is 19.3 Å². The number of aliphatic carboxylic acids is 2. The van der Waals surface area contributed by atoms with Gasteiger partial charge in [0.2, 0.25) is 11.8 Å². The van der Waals surface area contributed by atoms with Crippen molar-refractivity contribution in [3.05, 3.63) is 47.8 Å². The maximum Gasteiger partial charge on any atom is 0.304 e. The number of aromatic nitrogens is 1. The van der Waals surface area contributed by atoms with Crippen LogP contribution in [0.4, 0.5) is 0 Å². The number of carbonyl (C=O) groups excluding carboxylic acids is 5. The summed E-state index contributed by atoms with van der Waals surface area (Å²) in [5.41, 5.74) is 2.11. The summed E-state index contributed by atoms with van der Waals surface area (Å²) in [5.74, 6) is -7.02. The van der Waals surface area contributed by atoms with Crippen LogP contribution in [0.3, 0.4) is 0 Å². The Labute approximate surface area is 253 Å². The summed E-state index contributed by atoms with van der Waals surface area (Å²) in [6.07, 6.45) is 4.02. The number of aldehydes is 1. The molecule has 2 heterocycles. The largest absolute Gasteiger partial charge is 0.481 e. The smallest absolute Gasteiger partial charge is 0.304 e. The van der Waals surface area contributed by atoms with Gasteiger partial charge < -0.3 is 30.6 Å². The van der Waals surface area contributed by atoms with Gasteiger partial charge >= 0.3 is 11.9 Å². The van der Waals surface area contributed by atoms with Gasteiger partial charge in [0.25, 0.3) is 0 Å². The number of Topliss-reactive ketones (excluding diaryl/α,β-unsaturated/α-hetero) is 2. The lowest BCUT2D eigenvalue weighted by molar-refractivity contribution is -0.140. The number of H-pyrrole nitrogens is 1. The van der Waals surface area contributed by atoms with Gasteiger partial charge in [-0.3, -0.25) is 33.8 Å². The summed E-state index contributed by atoms with van der Waals surface area (Å²) < 4.78 is 0. The van der Waals surface area contributed by atoms with Gasteiger partial charge in [-0.05, 0) is 18.1 Å². The standard InChI is InChI=1S/C31H36N4O9/c1-18(37)34-25(13-21-16-33-24-7-3-2-6-23(21)24)28(39)14-20(8-9-29(40)41)31(44)35-26(15-22-5-4-10-32-22)27(38)11-19(17-36)12-30(42)43/h2-3,5-7,10,16-17,19-20,25-26,33H,4,8-9,11-15H2,1H3,(H,34,37)(H,35,44)(H,40,41)(H,42,43)/t19?,20?,25-,26-/m0/s1. The molecule has 0 fully saturated rings. The minimum Gasteiger partial charge on any atom is -0.481 e. The minimum absolute atomic E-state index is 0.0333. The van der Waals surface area contributed by atoms with Gasteiger partial charge in [-0.25, -0.2) is 0 Å². The summed E-state index contributed by atoms with van der Waals surface area (Å²) in [4.78, 5) is 93.5. The van der Waals surface area contributed by atoms with Crippen LogP contribution >= 0.6 is 0 Å². The van der Waals surface area contributed by atoms with Crippen molar-refractivity contribution in [1.29, 1.82) is 0 Å². The molecule has 1 aromatic heterocycles.